The Balaban J connectivity index is 1.33. The number of likely N-dealkylation sites (N-methyl/N-ethyl adjacent to an activating group) is 1. The van der Waals surface area contributed by atoms with Gasteiger partial charge in [0.1, 0.15) is 17.6 Å². The number of imidazole rings is 1. The highest BCUT2D eigenvalue weighted by Crippen LogP contribution is 2.31. The lowest BCUT2D eigenvalue weighted by atomic mass is 10.0. The zero-order valence-corrected chi connectivity index (χ0v) is 21.1. The van der Waals surface area contributed by atoms with Crippen LogP contribution in [0.15, 0.2) is 30.6 Å². The first-order valence-corrected chi connectivity index (χ1v) is 12.4. The summed E-state index contributed by atoms with van der Waals surface area (Å²) in [6, 6.07) is 6.86. The zero-order valence-electron chi connectivity index (χ0n) is 21.1. The molecule has 0 atom stereocenters. The standard InChI is InChI=1S/C26H26FN9O2/c1-33-6-8-35(9-7-33)25(37)21-11-22(34(2)32-21)19-14-30-26(36-15-16(12-28)31-24(19)36)29-13-18-17-5-10-38-23(17)4-3-20(18)27/h3-4,11,14-15H,5-10,13H2,1-2H3,(H,29,30). The number of piperazine rings is 1. The summed E-state index contributed by atoms with van der Waals surface area (Å²) in [5.41, 5.74) is 3.66. The number of benzene rings is 1. The van der Waals surface area contributed by atoms with E-state index < -0.39 is 0 Å². The van der Waals surface area contributed by atoms with Gasteiger partial charge in [0.15, 0.2) is 17.0 Å². The van der Waals surface area contributed by atoms with Crippen molar-refractivity contribution in [3.8, 4) is 23.1 Å². The summed E-state index contributed by atoms with van der Waals surface area (Å²) in [6.45, 7) is 3.65. The third-order valence-corrected chi connectivity index (χ3v) is 7.13. The molecule has 0 aliphatic carbocycles. The van der Waals surface area contributed by atoms with E-state index in [0.29, 0.717) is 66.0 Å². The van der Waals surface area contributed by atoms with Gasteiger partial charge in [-0.1, -0.05) is 0 Å². The molecular formula is C26H26FN9O2. The second-order valence-electron chi connectivity index (χ2n) is 9.52. The number of anilines is 1. The van der Waals surface area contributed by atoms with Gasteiger partial charge >= 0.3 is 0 Å². The van der Waals surface area contributed by atoms with E-state index in [1.165, 1.54) is 6.07 Å². The van der Waals surface area contributed by atoms with E-state index in [4.69, 9.17) is 4.74 Å². The SMILES string of the molecule is CN1CCN(C(=O)c2cc(-c3cnc(NCc4c(F)ccc5c4CCO5)n4cc(C#N)nc34)n(C)n2)CC1. The maximum atomic E-state index is 14.7. The summed E-state index contributed by atoms with van der Waals surface area (Å²) in [4.78, 5) is 26.1. The molecule has 0 saturated carbocycles. The molecule has 5 heterocycles. The number of ether oxygens (including phenoxy) is 1. The number of nitrogens with zero attached hydrogens (tertiary/aromatic N) is 8. The van der Waals surface area contributed by atoms with E-state index in [1.54, 1.807) is 45.6 Å². The van der Waals surface area contributed by atoms with E-state index in [1.807, 2.05) is 7.05 Å². The zero-order chi connectivity index (χ0) is 26.4. The van der Waals surface area contributed by atoms with E-state index in [2.05, 4.69) is 31.4 Å². The predicted molar refractivity (Wildman–Crippen MR) is 136 cm³/mol. The van der Waals surface area contributed by atoms with Crippen molar-refractivity contribution in [1.82, 2.24) is 33.9 Å². The van der Waals surface area contributed by atoms with E-state index >= 15 is 0 Å². The Labute approximate surface area is 218 Å². The Morgan fingerprint density at radius 3 is 2.84 bits per heavy atom. The van der Waals surface area contributed by atoms with Crippen LogP contribution in [0.4, 0.5) is 10.3 Å². The molecule has 194 valence electrons. The minimum absolute atomic E-state index is 0.121. The van der Waals surface area contributed by atoms with Gasteiger partial charge < -0.3 is 19.9 Å². The maximum absolute atomic E-state index is 14.7. The molecule has 4 aromatic rings. The Morgan fingerprint density at radius 2 is 2.05 bits per heavy atom. The van der Waals surface area contributed by atoms with Gasteiger partial charge in [0.2, 0.25) is 5.95 Å². The lowest BCUT2D eigenvalue weighted by molar-refractivity contribution is 0.0657. The van der Waals surface area contributed by atoms with Crippen molar-refractivity contribution in [2.24, 2.45) is 7.05 Å². The molecule has 11 nitrogen and oxygen atoms in total. The number of carbonyl (C=O) groups excluding carboxylic acids is 1. The van der Waals surface area contributed by atoms with Gasteiger partial charge in [0.05, 0.1) is 24.1 Å². The highest BCUT2D eigenvalue weighted by molar-refractivity contribution is 5.94. The van der Waals surface area contributed by atoms with Gasteiger partial charge in [0, 0.05) is 63.5 Å². The molecule has 12 heteroatoms. The number of hydrogen-bond acceptors (Lipinski definition) is 8. The van der Waals surface area contributed by atoms with Crippen LogP contribution < -0.4 is 10.1 Å². The first kappa shape index (κ1) is 23.9. The molecule has 3 aromatic heterocycles. The monoisotopic (exact) mass is 515 g/mol. The van der Waals surface area contributed by atoms with E-state index in [9.17, 15) is 14.4 Å². The van der Waals surface area contributed by atoms with Crippen molar-refractivity contribution in [3.05, 3.63) is 58.9 Å². The number of fused-ring (bicyclic) bond motifs is 2. The molecule has 2 aliphatic heterocycles. The minimum Gasteiger partial charge on any atom is -0.493 e. The highest BCUT2D eigenvalue weighted by Gasteiger charge is 2.25. The Kier molecular flexibility index (Phi) is 5.92. The quantitative estimate of drug-likeness (QED) is 0.430. The Bertz CT molecular complexity index is 1590. The largest absolute Gasteiger partial charge is 0.493 e. The van der Waals surface area contributed by atoms with Gasteiger partial charge in [-0.15, -0.1) is 0 Å². The third kappa shape index (κ3) is 4.10. The fourth-order valence-electron chi connectivity index (χ4n) is 5.01. The number of halogens is 1. The van der Waals surface area contributed by atoms with Crippen LogP contribution >= 0.6 is 0 Å². The van der Waals surface area contributed by atoms with Gasteiger partial charge in [-0.2, -0.15) is 10.4 Å². The third-order valence-electron chi connectivity index (χ3n) is 7.13. The summed E-state index contributed by atoms with van der Waals surface area (Å²) in [7, 11) is 3.79. The van der Waals surface area contributed by atoms with Crippen molar-refractivity contribution in [2.45, 2.75) is 13.0 Å². The van der Waals surface area contributed by atoms with Gasteiger partial charge in [-0.25, -0.2) is 14.4 Å². The van der Waals surface area contributed by atoms with Crippen LogP contribution in [0.25, 0.3) is 16.9 Å². The summed E-state index contributed by atoms with van der Waals surface area (Å²) in [5.74, 6) is 0.670. The number of aromatic nitrogens is 5. The van der Waals surface area contributed by atoms with Gasteiger partial charge in [-0.3, -0.25) is 13.9 Å². The van der Waals surface area contributed by atoms with E-state index in [0.717, 1.165) is 18.7 Å². The number of amides is 1. The second-order valence-corrected chi connectivity index (χ2v) is 9.52. The number of hydrogen-bond donors (Lipinski definition) is 1. The molecular weight excluding hydrogens is 489 g/mol. The molecule has 1 N–H and O–H groups in total. The fraction of sp³-hybridized carbons (Fsp3) is 0.346. The van der Waals surface area contributed by atoms with Gasteiger partial charge in [-0.05, 0) is 25.2 Å². The molecule has 0 unspecified atom stereocenters. The maximum Gasteiger partial charge on any atom is 0.274 e. The van der Waals surface area contributed by atoms with Crippen LogP contribution in [0, 0.1) is 17.1 Å². The molecule has 0 radical (unpaired) electrons. The van der Waals surface area contributed by atoms with E-state index in [-0.39, 0.29) is 24.0 Å². The molecule has 38 heavy (non-hydrogen) atoms. The van der Waals surface area contributed by atoms with Crippen molar-refractivity contribution >= 4 is 17.5 Å². The Hall–Kier alpha value is -4.50. The number of nitriles is 1. The normalized spacial score (nSPS) is 15.4. The van der Waals surface area contributed by atoms with Gasteiger partial charge in [0.25, 0.3) is 5.91 Å². The molecule has 0 bridgehead atoms. The second kappa shape index (κ2) is 9.42. The number of aryl methyl sites for hydroxylation is 1. The highest BCUT2D eigenvalue weighted by atomic mass is 19.1. The lowest BCUT2D eigenvalue weighted by Crippen LogP contribution is -2.47. The summed E-state index contributed by atoms with van der Waals surface area (Å²) < 4.78 is 23.5. The molecule has 2 aliphatic rings. The summed E-state index contributed by atoms with van der Waals surface area (Å²) >= 11 is 0. The molecule has 1 saturated heterocycles. The van der Waals surface area contributed by atoms with Crippen molar-refractivity contribution in [2.75, 3.05) is 45.2 Å². The number of nitrogens with one attached hydrogen (secondary N) is 1. The number of carbonyl (C=O) groups is 1. The van der Waals surface area contributed by atoms with Crippen molar-refractivity contribution in [1.29, 1.82) is 5.26 Å². The Morgan fingerprint density at radius 1 is 1.24 bits per heavy atom. The lowest BCUT2D eigenvalue weighted by Gasteiger charge is -2.31. The van der Waals surface area contributed by atoms with Crippen LogP contribution in [0.5, 0.6) is 5.75 Å². The predicted octanol–water partition coefficient (Wildman–Crippen LogP) is 2.08. The molecule has 0 spiro atoms. The van der Waals surface area contributed by atoms with Crippen LogP contribution in [0.1, 0.15) is 27.3 Å². The average molecular weight is 516 g/mol. The molecule has 1 fully saturated rings. The molecule has 6 rings (SSSR count). The smallest absolute Gasteiger partial charge is 0.274 e. The summed E-state index contributed by atoms with van der Waals surface area (Å²) in [5, 5.41) is 17.2. The van der Waals surface area contributed by atoms with Crippen LogP contribution in [0.2, 0.25) is 0 Å². The van der Waals surface area contributed by atoms with Crippen molar-refractivity contribution < 1.29 is 13.9 Å². The van der Waals surface area contributed by atoms with Crippen LogP contribution in [-0.4, -0.2) is 79.7 Å². The van der Waals surface area contributed by atoms with Crippen LogP contribution in [-0.2, 0) is 20.0 Å². The summed E-state index contributed by atoms with van der Waals surface area (Å²) in [6.07, 6.45) is 3.85. The topological polar surface area (TPSA) is 117 Å². The minimum atomic E-state index is -0.314. The first-order valence-electron chi connectivity index (χ1n) is 12.4. The average Bonchev–Trinajstić information content (AvgIpc) is 3.66. The van der Waals surface area contributed by atoms with Crippen molar-refractivity contribution in [3.63, 3.8) is 0 Å². The van der Waals surface area contributed by atoms with Crippen LogP contribution in [0.3, 0.4) is 0 Å². The molecule has 1 aromatic carbocycles. The number of rotatable bonds is 5. The fourth-order valence-corrected chi connectivity index (χ4v) is 5.01. The molecule has 1 amide bonds. The first-order chi connectivity index (χ1) is 18.4.